The molecule has 0 fully saturated rings. The minimum absolute atomic E-state index is 0.00515. The molecule has 13 nitrogen and oxygen atoms in total. The number of carbonyl (C=O) groups is 4. The van der Waals surface area contributed by atoms with Crippen LogP contribution in [0.4, 0.5) is 5.69 Å². The van der Waals surface area contributed by atoms with Gasteiger partial charge in [0.25, 0.3) is 5.91 Å². The summed E-state index contributed by atoms with van der Waals surface area (Å²) in [5.74, 6) is -11.1. The van der Waals surface area contributed by atoms with Crippen LogP contribution in [0.25, 0.3) is 0 Å². The number of hydrogen-bond acceptors (Lipinski definition) is 9. The summed E-state index contributed by atoms with van der Waals surface area (Å²) in [7, 11) is 0. The Labute approximate surface area is 234 Å². The zero-order valence-corrected chi connectivity index (χ0v) is 23.7. The number of aliphatic carboxylic acids is 1. The van der Waals surface area contributed by atoms with E-state index in [2.05, 4.69) is 16.0 Å². The van der Waals surface area contributed by atoms with Crippen LogP contribution in [0.5, 0.6) is 0 Å². The third-order valence-electron chi connectivity index (χ3n) is 6.63. The van der Waals surface area contributed by atoms with E-state index < -0.39 is 59.8 Å². The molecule has 1 aromatic rings. The Hall–Kier alpha value is -3.10. The second kappa shape index (κ2) is 15.1. The Morgan fingerprint density at radius 2 is 1.55 bits per heavy atom. The summed E-state index contributed by atoms with van der Waals surface area (Å²) >= 11 is 0. The minimum atomic E-state index is -3.72. The number of para-hydroxylation sites is 1. The largest absolute Gasteiger partial charge is 0.481 e. The topological polar surface area (TPSA) is 232 Å². The van der Waals surface area contributed by atoms with Crippen LogP contribution in [-0.2, 0) is 25.6 Å². The Balaban J connectivity index is 2.95. The molecular weight excluding hydrogens is 524 g/mol. The molecule has 40 heavy (non-hydrogen) atoms. The number of aryl methyl sites for hydroxylation is 1. The monoisotopic (exact) mass is 568 g/mol. The van der Waals surface area contributed by atoms with Gasteiger partial charge in [-0.2, -0.15) is 0 Å². The lowest BCUT2D eigenvalue weighted by molar-refractivity contribution is -0.338. The van der Waals surface area contributed by atoms with E-state index in [1.807, 2.05) is 27.7 Å². The SMILES string of the molecule is CC[C@H](C)[C@H](N)C(=O)N[C@@H](CC(C)C)C(=O)NC(C)CC(O)(O)C(O)(O)C(=O)Nc1ccccc1CCC(=O)O. The van der Waals surface area contributed by atoms with Gasteiger partial charge >= 0.3 is 11.8 Å². The molecule has 0 saturated heterocycles. The molecule has 3 amide bonds. The molecular formula is C27H44N4O9. The molecule has 0 heterocycles. The van der Waals surface area contributed by atoms with Crippen molar-refractivity contribution in [2.24, 2.45) is 17.6 Å². The Morgan fingerprint density at radius 1 is 0.950 bits per heavy atom. The molecule has 10 N–H and O–H groups in total. The number of nitrogens with one attached hydrogen (secondary N) is 3. The van der Waals surface area contributed by atoms with Gasteiger partial charge in [0.1, 0.15) is 6.04 Å². The number of hydrogen-bond donors (Lipinski definition) is 9. The van der Waals surface area contributed by atoms with Gasteiger partial charge in [0.2, 0.25) is 17.6 Å². The highest BCUT2D eigenvalue weighted by Crippen LogP contribution is 2.26. The first-order valence-corrected chi connectivity index (χ1v) is 13.3. The molecule has 226 valence electrons. The molecule has 0 bridgehead atoms. The lowest BCUT2D eigenvalue weighted by Crippen LogP contribution is -2.63. The predicted octanol–water partition coefficient (Wildman–Crippen LogP) is -0.197. The first kappa shape index (κ1) is 34.9. The number of carbonyl (C=O) groups excluding carboxylic acids is 3. The van der Waals surface area contributed by atoms with E-state index in [1.54, 1.807) is 6.07 Å². The van der Waals surface area contributed by atoms with Gasteiger partial charge < -0.3 is 47.2 Å². The van der Waals surface area contributed by atoms with E-state index in [0.29, 0.717) is 12.0 Å². The van der Waals surface area contributed by atoms with Gasteiger partial charge in [0.05, 0.1) is 6.04 Å². The molecule has 0 aromatic heterocycles. The molecule has 4 atom stereocenters. The second-order valence-electron chi connectivity index (χ2n) is 10.7. The highest BCUT2D eigenvalue weighted by Gasteiger charge is 2.54. The van der Waals surface area contributed by atoms with Crippen molar-refractivity contribution in [2.45, 2.75) is 96.4 Å². The van der Waals surface area contributed by atoms with Crippen molar-refractivity contribution in [3.05, 3.63) is 29.8 Å². The summed E-state index contributed by atoms with van der Waals surface area (Å²) in [5.41, 5.74) is 6.41. The first-order chi connectivity index (χ1) is 18.4. The van der Waals surface area contributed by atoms with E-state index in [9.17, 15) is 39.6 Å². The highest BCUT2D eigenvalue weighted by atomic mass is 16.6. The summed E-state index contributed by atoms with van der Waals surface area (Å²) in [6, 6.07) is 3.12. The zero-order chi connectivity index (χ0) is 30.8. The highest BCUT2D eigenvalue weighted by molar-refractivity contribution is 5.97. The Morgan fingerprint density at radius 3 is 2.10 bits per heavy atom. The van der Waals surface area contributed by atoms with Crippen LogP contribution in [0.2, 0.25) is 0 Å². The molecule has 0 aliphatic carbocycles. The van der Waals surface area contributed by atoms with Gasteiger partial charge in [-0.05, 0) is 43.2 Å². The fourth-order valence-corrected chi connectivity index (χ4v) is 3.94. The maximum Gasteiger partial charge on any atom is 0.303 e. The van der Waals surface area contributed by atoms with Crippen LogP contribution in [0.1, 0.15) is 65.9 Å². The second-order valence-corrected chi connectivity index (χ2v) is 10.7. The van der Waals surface area contributed by atoms with Crippen LogP contribution in [0.15, 0.2) is 24.3 Å². The third-order valence-corrected chi connectivity index (χ3v) is 6.63. The van der Waals surface area contributed by atoms with Gasteiger partial charge in [0.15, 0.2) is 0 Å². The number of rotatable bonds is 16. The van der Waals surface area contributed by atoms with Gasteiger partial charge in [-0.3, -0.25) is 19.2 Å². The summed E-state index contributed by atoms with van der Waals surface area (Å²) < 4.78 is 0. The number of benzene rings is 1. The van der Waals surface area contributed by atoms with E-state index >= 15 is 0 Å². The molecule has 0 aliphatic rings. The molecule has 0 radical (unpaired) electrons. The molecule has 1 unspecified atom stereocenters. The Kier molecular flexibility index (Phi) is 13.1. The number of aliphatic hydroxyl groups is 4. The zero-order valence-electron chi connectivity index (χ0n) is 23.7. The molecule has 13 heteroatoms. The molecule has 1 rings (SSSR count). The summed E-state index contributed by atoms with van der Waals surface area (Å²) in [5, 5.41) is 58.0. The maximum atomic E-state index is 13.0. The van der Waals surface area contributed by atoms with Crippen molar-refractivity contribution >= 4 is 29.4 Å². The maximum absolute atomic E-state index is 13.0. The lowest BCUT2D eigenvalue weighted by Gasteiger charge is -2.35. The number of anilines is 1. The summed E-state index contributed by atoms with van der Waals surface area (Å²) in [4.78, 5) is 49.1. The normalized spacial score (nSPS) is 15.1. The van der Waals surface area contributed by atoms with Crippen molar-refractivity contribution in [1.29, 1.82) is 0 Å². The van der Waals surface area contributed by atoms with Crippen LogP contribution < -0.4 is 21.7 Å². The number of nitrogens with two attached hydrogens (primary N) is 1. The van der Waals surface area contributed by atoms with Crippen molar-refractivity contribution in [3.8, 4) is 0 Å². The van der Waals surface area contributed by atoms with Crippen LogP contribution in [-0.4, -0.2) is 78.9 Å². The van der Waals surface area contributed by atoms with E-state index in [4.69, 9.17) is 10.8 Å². The van der Waals surface area contributed by atoms with Crippen LogP contribution in [0, 0.1) is 11.8 Å². The molecule has 0 aliphatic heterocycles. The van der Waals surface area contributed by atoms with Gasteiger partial charge in [-0.1, -0.05) is 52.3 Å². The Bertz CT molecular complexity index is 1030. The van der Waals surface area contributed by atoms with Crippen molar-refractivity contribution in [2.75, 3.05) is 5.32 Å². The number of carboxylic acids is 1. The third kappa shape index (κ3) is 10.1. The summed E-state index contributed by atoms with van der Waals surface area (Å²) in [6.45, 7) is 8.75. The van der Waals surface area contributed by atoms with E-state index in [1.165, 1.54) is 25.1 Å². The van der Waals surface area contributed by atoms with Gasteiger partial charge in [-0.25, -0.2) is 0 Å². The smallest absolute Gasteiger partial charge is 0.303 e. The number of carboxylic acid groups (broad SMARTS) is 1. The van der Waals surface area contributed by atoms with Crippen molar-refractivity contribution in [1.82, 2.24) is 10.6 Å². The van der Waals surface area contributed by atoms with Crippen molar-refractivity contribution in [3.63, 3.8) is 0 Å². The van der Waals surface area contributed by atoms with Crippen molar-refractivity contribution < 1.29 is 44.7 Å². The fraction of sp³-hybridized carbons (Fsp3) is 0.630. The standard InChI is InChI=1S/C27H44N4O9/c1-6-16(4)22(28)24(35)30-20(13-15(2)3)23(34)29-17(5)14-26(37,38)27(39,40)25(36)31-19-10-8-7-9-18(19)11-12-21(32)33/h7-10,15-17,20,22,37-40H,6,11-14,28H2,1-5H3,(H,29,34)(H,30,35)(H,31,36)(H,32,33)/t16-,17?,20-,22-/m0/s1. The minimum Gasteiger partial charge on any atom is -0.481 e. The quantitative estimate of drug-likeness (QED) is 0.119. The average molecular weight is 569 g/mol. The van der Waals surface area contributed by atoms with Gasteiger partial charge in [-0.15, -0.1) is 0 Å². The fourth-order valence-electron chi connectivity index (χ4n) is 3.94. The van der Waals surface area contributed by atoms with Gasteiger partial charge in [0, 0.05) is 24.6 Å². The lowest BCUT2D eigenvalue weighted by atomic mass is 9.96. The average Bonchev–Trinajstić information content (AvgIpc) is 2.85. The first-order valence-electron chi connectivity index (χ1n) is 13.3. The van der Waals surface area contributed by atoms with E-state index in [-0.39, 0.29) is 36.8 Å². The van der Waals surface area contributed by atoms with Crippen LogP contribution >= 0.6 is 0 Å². The molecule has 0 saturated carbocycles. The molecule has 0 spiro atoms. The molecule has 1 aromatic carbocycles. The summed E-state index contributed by atoms with van der Waals surface area (Å²) in [6.07, 6.45) is -0.186. The van der Waals surface area contributed by atoms with Crippen LogP contribution in [0.3, 0.4) is 0 Å². The predicted molar refractivity (Wildman–Crippen MR) is 146 cm³/mol. The number of amides is 3. The van der Waals surface area contributed by atoms with E-state index in [0.717, 1.165) is 0 Å².